The van der Waals surface area contributed by atoms with Gasteiger partial charge >= 0.3 is 6.18 Å². The van der Waals surface area contributed by atoms with Crippen LogP contribution < -0.4 is 11.1 Å². The van der Waals surface area contributed by atoms with Gasteiger partial charge in [-0.05, 0) is 39.3 Å². The Hall–Kier alpha value is -0.290. The van der Waals surface area contributed by atoms with Crippen molar-refractivity contribution >= 4 is 0 Å². The van der Waals surface area contributed by atoms with Gasteiger partial charge in [0, 0.05) is 12.5 Å². The standard InChI is InChI=1S/C9H19F3N2/c1-8(13)4-2-6-14-7-3-5-9(10,11)12/h8,14H,2-7,13H2,1H3. The molecule has 5 heteroatoms. The van der Waals surface area contributed by atoms with E-state index in [0.717, 1.165) is 19.4 Å². The van der Waals surface area contributed by atoms with E-state index >= 15 is 0 Å². The summed E-state index contributed by atoms with van der Waals surface area (Å²) in [7, 11) is 0. The molecule has 0 heterocycles. The zero-order valence-electron chi connectivity index (χ0n) is 8.53. The molecule has 0 aromatic carbocycles. The second-order valence-corrected chi connectivity index (χ2v) is 3.59. The van der Waals surface area contributed by atoms with E-state index < -0.39 is 12.6 Å². The van der Waals surface area contributed by atoms with Gasteiger partial charge in [0.25, 0.3) is 0 Å². The molecule has 0 aliphatic carbocycles. The molecule has 0 rings (SSSR count). The zero-order valence-corrected chi connectivity index (χ0v) is 8.53. The first-order valence-electron chi connectivity index (χ1n) is 4.95. The SMILES string of the molecule is CC(N)CCCNCCCC(F)(F)F. The molecule has 0 aromatic rings. The molecule has 86 valence electrons. The van der Waals surface area contributed by atoms with E-state index in [-0.39, 0.29) is 12.5 Å². The first-order chi connectivity index (χ1) is 6.42. The third-order valence-electron chi connectivity index (χ3n) is 1.83. The molecule has 0 saturated heterocycles. The van der Waals surface area contributed by atoms with Crippen molar-refractivity contribution in [2.75, 3.05) is 13.1 Å². The number of hydrogen-bond acceptors (Lipinski definition) is 2. The minimum absolute atomic E-state index is 0.154. The Morgan fingerprint density at radius 2 is 1.79 bits per heavy atom. The summed E-state index contributed by atoms with van der Waals surface area (Å²) in [5, 5.41) is 2.96. The van der Waals surface area contributed by atoms with Gasteiger partial charge in [0.15, 0.2) is 0 Å². The first-order valence-corrected chi connectivity index (χ1v) is 4.95. The van der Waals surface area contributed by atoms with Gasteiger partial charge in [-0.15, -0.1) is 0 Å². The zero-order chi connectivity index (χ0) is 11.0. The summed E-state index contributed by atoms with van der Waals surface area (Å²) in [6.45, 7) is 3.10. The normalized spacial score (nSPS) is 14.4. The van der Waals surface area contributed by atoms with Crippen LogP contribution in [0.3, 0.4) is 0 Å². The predicted octanol–water partition coefficient (Wildman–Crippen LogP) is 2.05. The lowest BCUT2D eigenvalue weighted by Gasteiger charge is -2.08. The van der Waals surface area contributed by atoms with Gasteiger partial charge in [-0.3, -0.25) is 0 Å². The Morgan fingerprint density at radius 1 is 1.21 bits per heavy atom. The van der Waals surface area contributed by atoms with E-state index in [1.165, 1.54) is 0 Å². The van der Waals surface area contributed by atoms with Crippen LogP contribution in [-0.4, -0.2) is 25.3 Å². The summed E-state index contributed by atoms with van der Waals surface area (Å²) in [5.74, 6) is 0. The molecule has 0 radical (unpaired) electrons. The molecule has 0 aromatic heterocycles. The van der Waals surface area contributed by atoms with Gasteiger partial charge in [-0.1, -0.05) is 0 Å². The van der Waals surface area contributed by atoms with E-state index in [9.17, 15) is 13.2 Å². The fraction of sp³-hybridized carbons (Fsp3) is 1.00. The Morgan fingerprint density at radius 3 is 2.29 bits per heavy atom. The number of rotatable bonds is 7. The average Bonchev–Trinajstić information content (AvgIpc) is 2.00. The molecular weight excluding hydrogens is 193 g/mol. The lowest BCUT2D eigenvalue weighted by Crippen LogP contribution is -2.22. The Labute approximate surface area is 83.0 Å². The summed E-state index contributed by atoms with van der Waals surface area (Å²) in [6, 6.07) is 0.173. The molecule has 2 nitrogen and oxygen atoms in total. The van der Waals surface area contributed by atoms with E-state index in [4.69, 9.17) is 5.73 Å². The van der Waals surface area contributed by atoms with Crippen molar-refractivity contribution in [3.05, 3.63) is 0 Å². The van der Waals surface area contributed by atoms with Gasteiger partial charge in [0.05, 0.1) is 0 Å². The second kappa shape index (κ2) is 7.06. The predicted molar refractivity (Wildman–Crippen MR) is 51.0 cm³/mol. The van der Waals surface area contributed by atoms with Crippen LogP contribution in [0.1, 0.15) is 32.6 Å². The molecule has 0 saturated carbocycles. The van der Waals surface area contributed by atoms with Crippen molar-refractivity contribution in [3.63, 3.8) is 0 Å². The summed E-state index contributed by atoms with van der Waals surface area (Å²) in [5.41, 5.74) is 5.51. The van der Waals surface area contributed by atoms with Crippen LogP contribution in [0.15, 0.2) is 0 Å². The second-order valence-electron chi connectivity index (χ2n) is 3.59. The van der Waals surface area contributed by atoms with E-state index in [1.54, 1.807) is 0 Å². The minimum Gasteiger partial charge on any atom is -0.328 e. The number of alkyl halides is 3. The van der Waals surface area contributed by atoms with Crippen LogP contribution in [-0.2, 0) is 0 Å². The molecule has 0 bridgehead atoms. The first kappa shape index (κ1) is 13.7. The number of nitrogens with one attached hydrogen (secondary N) is 1. The molecule has 0 amide bonds. The highest BCUT2D eigenvalue weighted by Gasteiger charge is 2.25. The third-order valence-corrected chi connectivity index (χ3v) is 1.83. The van der Waals surface area contributed by atoms with Crippen molar-refractivity contribution in [2.24, 2.45) is 5.73 Å². The maximum atomic E-state index is 11.7. The monoisotopic (exact) mass is 212 g/mol. The minimum atomic E-state index is -4.02. The molecule has 0 aliphatic heterocycles. The Kier molecular flexibility index (Phi) is 6.92. The van der Waals surface area contributed by atoms with Crippen molar-refractivity contribution in [1.29, 1.82) is 0 Å². The third kappa shape index (κ3) is 11.7. The van der Waals surface area contributed by atoms with Gasteiger partial charge in [-0.25, -0.2) is 0 Å². The maximum Gasteiger partial charge on any atom is 0.389 e. The lowest BCUT2D eigenvalue weighted by atomic mass is 10.2. The molecule has 3 N–H and O–H groups in total. The topological polar surface area (TPSA) is 38.0 Å². The van der Waals surface area contributed by atoms with Gasteiger partial charge in [-0.2, -0.15) is 13.2 Å². The smallest absolute Gasteiger partial charge is 0.328 e. The summed E-state index contributed by atoms with van der Waals surface area (Å²) in [6.07, 6.45) is -2.74. The van der Waals surface area contributed by atoms with Crippen LogP contribution in [0.5, 0.6) is 0 Å². The summed E-state index contributed by atoms with van der Waals surface area (Å²) in [4.78, 5) is 0. The molecule has 1 atom stereocenters. The van der Waals surface area contributed by atoms with Crippen LogP contribution in [0.25, 0.3) is 0 Å². The molecule has 14 heavy (non-hydrogen) atoms. The highest BCUT2D eigenvalue weighted by atomic mass is 19.4. The van der Waals surface area contributed by atoms with E-state index in [2.05, 4.69) is 5.32 Å². The van der Waals surface area contributed by atoms with Gasteiger partial charge in [0.2, 0.25) is 0 Å². The Bertz CT molecular complexity index is 135. The summed E-state index contributed by atoms with van der Waals surface area (Å²) < 4.78 is 35.1. The molecule has 1 unspecified atom stereocenters. The van der Waals surface area contributed by atoms with Crippen molar-refractivity contribution in [1.82, 2.24) is 5.32 Å². The van der Waals surface area contributed by atoms with Gasteiger partial charge in [0.1, 0.15) is 0 Å². The molecular formula is C9H19F3N2. The van der Waals surface area contributed by atoms with Crippen LogP contribution in [0.2, 0.25) is 0 Å². The molecule has 0 fully saturated rings. The van der Waals surface area contributed by atoms with Crippen LogP contribution in [0.4, 0.5) is 13.2 Å². The van der Waals surface area contributed by atoms with Crippen LogP contribution >= 0.6 is 0 Å². The van der Waals surface area contributed by atoms with Crippen LogP contribution in [0, 0.1) is 0 Å². The molecule has 0 aliphatic rings. The Balaban J connectivity index is 3.07. The number of nitrogens with two attached hydrogens (primary N) is 1. The summed E-state index contributed by atoms with van der Waals surface area (Å²) >= 11 is 0. The van der Waals surface area contributed by atoms with Gasteiger partial charge < -0.3 is 11.1 Å². The van der Waals surface area contributed by atoms with E-state index in [0.29, 0.717) is 6.54 Å². The van der Waals surface area contributed by atoms with Crippen molar-refractivity contribution in [2.45, 2.75) is 44.8 Å². The largest absolute Gasteiger partial charge is 0.389 e. The highest BCUT2D eigenvalue weighted by Crippen LogP contribution is 2.20. The number of halogens is 3. The fourth-order valence-electron chi connectivity index (χ4n) is 1.09. The quantitative estimate of drug-likeness (QED) is 0.634. The van der Waals surface area contributed by atoms with Crippen molar-refractivity contribution in [3.8, 4) is 0 Å². The maximum absolute atomic E-state index is 11.7. The molecule has 0 spiro atoms. The lowest BCUT2D eigenvalue weighted by molar-refractivity contribution is -0.135. The number of hydrogen-bond donors (Lipinski definition) is 2. The highest BCUT2D eigenvalue weighted by molar-refractivity contribution is 4.57. The average molecular weight is 212 g/mol. The van der Waals surface area contributed by atoms with E-state index in [1.807, 2.05) is 6.92 Å². The van der Waals surface area contributed by atoms with Crippen molar-refractivity contribution < 1.29 is 13.2 Å². The fourth-order valence-corrected chi connectivity index (χ4v) is 1.09.